The van der Waals surface area contributed by atoms with Gasteiger partial charge in [-0.15, -0.1) is 0 Å². The fourth-order valence-electron chi connectivity index (χ4n) is 2.58. The molecule has 2 rings (SSSR count). The lowest BCUT2D eigenvalue weighted by Gasteiger charge is -2.25. The molecule has 74 valence electrons. The van der Waals surface area contributed by atoms with Crippen LogP contribution >= 0.6 is 11.8 Å². The van der Waals surface area contributed by atoms with Crippen LogP contribution < -0.4 is 0 Å². The van der Waals surface area contributed by atoms with Gasteiger partial charge in [-0.3, -0.25) is 4.79 Å². The van der Waals surface area contributed by atoms with Crippen LogP contribution in [0.15, 0.2) is 0 Å². The van der Waals surface area contributed by atoms with Crippen molar-refractivity contribution in [3.63, 3.8) is 0 Å². The van der Waals surface area contributed by atoms with Crippen LogP contribution in [0.1, 0.15) is 26.7 Å². The highest BCUT2D eigenvalue weighted by atomic mass is 32.2. The van der Waals surface area contributed by atoms with E-state index in [0.717, 1.165) is 6.42 Å². The minimum absolute atomic E-state index is 0.0250. The zero-order chi connectivity index (χ0) is 9.64. The predicted molar refractivity (Wildman–Crippen MR) is 53.9 cm³/mol. The fourth-order valence-corrected chi connectivity index (χ4v) is 3.98. The van der Waals surface area contributed by atoms with Crippen molar-refractivity contribution in [3.8, 4) is 0 Å². The topological polar surface area (TPSA) is 37.3 Å². The Morgan fingerprint density at radius 2 is 2.23 bits per heavy atom. The van der Waals surface area contributed by atoms with E-state index in [9.17, 15) is 4.79 Å². The average molecular weight is 200 g/mol. The minimum Gasteiger partial charge on any atom is -0.481 e. The SMILES string of the molecule is CC1(C)SCCC1[C@@H]1C[C@H]1C(=O)O. The van der Waals surface area contributed by atoms with Gasteiger partial charge in [0.05, 0.1) is 5.92 Å². The van der Waals surface area contributed by atoms with Crippen molar-refractivity contribution in [1.29, 1.82) is 0 Å². The number of aliphatic carboxylic acids is 1. The lowest BCUT2D eigenvalue weighted by atomic mass is 9.87. The standard InChI is InChI=1S/C10H16O2S/c1-10(2)8(3-4-13-10)6-5-7(6)9(11)12/h6-8H,3-5H2,1-2H3,(H,11,12)/t6-,7-,8?/m1/s1. The highest BCUT2D eigenvalue weighted by molar-refractivity contribution is 8.00. The Morgan fingerprint density at radius 1 is 1.54 bits per heavy atom. The first-order valence-electron chi connectivity index (χ1n) is 4.89. The second-order valence-corrected chi connectivity index (χ2v) is 6.44. The van der Waals surface area contributed by atoms with Crippen molar-refractivity contribution in [2.75, 3.05) is 5.75 Å². The molecule has 1 aliphatic carbocycles. The number of hydrogen-bond acceptors (Lipinski definition) is 2. The van der Waals surface area contributed by atoms with Gasteiger partial charge < -0.3 is 5.11 Å². The van der Waals surface area contributed by atoms with Gasteiger partial charge in [0.25, 0.3) is 0 Å². The first kappa shape index (κ1) is 9.38. The van der Waals surface area contributed by atoms with Gasteiger partial charge in [-0.2, -0.15) is 11.8 Å². The van der Waals surface area contributed by atoms with Crippen molar-refractivity contribution >= 4 is 17.7 Å². The van der Waals surface area contributed by atoms with Gasteiger partial charge in [0.15, 0.2) is 0 Å². The molecular formula is C10H16O2S. The molecule has 1 saturated carbocycles. The van der Waals surface area contributed by atoms with E-state index in [2.05, 4.69) is 13.8 Å². The average Bonchev–Trinajstić information content (AvgIpc) is 2.71. The van der Waals surface area contributed by atoms with Crippen LogP contribution in [-0.2, 0) is 4.79 Å². The summed E-state index contributed by atoms with van der Waals surface area (Å²) in [6.45, 7) is 4.51. The quantitative estimate of drug-likeness (QED) is 0.742. The van der Waals surface area contributed by atoms with Crippen molar-refractivity contribution < 1.29 is 9.90 Å². The van der Waals surface area contributed by atoms with E-state index in [1.54, 1.807) is 0 Å². The molecule has 2 nitrogen and oxygen atoms in total. The molecule has 0 aromatic heterocycles. The van der Waals surface area contributed by atoms with Gasteiger partial charge in [-0.25, -0.2) is 0 Å². The summed E-state index contributed by atoms with van der Waals surface area (Å²) in [5.74, 6) is 1.71. The van der Waals surface area contributed by atoms with Crippen LogP contribution in [0.2, 0.25) is 0 Å². The summed E-state index contributed by atoms with van der Waals surface area (Å²) < 4.78 is 0.314. The Hall–Kier alpha value is -0.180. The van der Waals surface area contributed by atoms with Crippen LogP contribution in [0, 0.1) is 17.8 Å². The van der Waals surface area contributed by atoms with Crippen LogP contribution in [0.3, 0.4) is 0 Å². The van der Waals surface area contributed by atoms with E-state index in [-0.39, 0.29) is 5.92 Å². The normalized spacial score (nSPS) is 41.8. The summed E-state index contributed by atoms with van der Waals surface area (Å²) in [7, 11) is 0. The molecule has 1 N–H and O–H groups in total. The number of thioether (sulfide) groups is 1. The molecule has 0 bridgehead atoms. The van der Waals surface area contributed by atoms with E-state index in [1.165, 1.54) is 12.2 Å². The van der Waals surface area contributed by atoms with Crippen LogP contribution in [-0.4, -0.2) is 21.6 Å². The smallest absolute Gasteiger partial charge is 0.306 e. The number of carboxylic acids is 1. The molecule has 0 aromatic rings. The number of rotatable bonds is 2. The van der Waals surface area contributed by atoms with Gasteiger partial charge >= 0.3 is 5.97 Å². The second-order valence-electron chi connectivity index (χ2n) is 4.69. The molecule has 0 amide bonds. The summed E-state index contributed by atoms with van der Waals surface area (Å²) >= 11 is 2.00. The maximum absolute atomic E-state index is 10.7. The molecule has 2 fully saturated rings. The molecular weight excluding hydrogens is 184 g/mol. The summed E-state index contributed by atoms with van der Waals surface area (Å²) in [5, 5.41) is 8.85. The van der Waals surface area contributed by atoms with E-state index in [1.807, 2.05) is 11.8 Å². The van der Waals surface area contributed by atoms with Crippen LogP contribution in [0.4, 0.5) is 0 Å². The van der Waals surface area contributed by atoms with E-state index < -0.39 is 5.97 Å². The molecule has 3 heteroatoms. The van der Waals surface area contributed by atoms with Gasteiger partial charge in [0.2, 0.25) is 0 Å². The first-order valence-corrected chi connectivity index (χ1v) is 5.87. The molecule has 0 radical (unpaired) electrons. The van der Waals surface area contributed by atoms with Crippen molar-refractivity contribution in [3.05, 3.63) is 0 Å². The molecule has 3 atom stereocenters. The zero-order valence-corrected chi connectivity index (χ0v) is 8.93. The van der Waals surface area contributed by atoms with Gasteiger partial charge in [0, 0.05) is 4.75 Å². The summed E-state index contributed by atoms with van der Waals surface area (Å²) in [6, 6.07) is 0. The number of carboxylic acid groups (broad SMARTS) is 1. The second kappa shape index (κ2) is 2.91. The predicted octanol–water partition coefficient (Wildman–Crippen LogP) is 2.24. The minimum atomic E-state index is -0.585. The van der Waals surface area contributed by atoms with Crippen molar-refractivity contribution in [2.24, 2.45) is 17.8 Å². The zero-order valence-electron chi connectivity index (χ0n) is 8.12. The molecule has 2 aliphatic rings. The molecule has 0 aromatic carbocycles. The monoisotopic (exact) mass is 200 g/mol. The van der Waals surface area contributed by atoms with Gasteiger partial charge in [0.1, 0.15) is 0 Å². The number of hydrogen-bond donors (Lipinski definition) is 1. The summed E-state index contributed by atoms with van der Waals surface area (Å²) in [4.78, 5) is 10.7. The third-order valence-corrected chi connectivity index (χ3v) is 4.96. The molecule has 0 spiro atoms. The largest absolute Gasteiger partial charge is 0.481 e. The fraction of sp³-hybridized carbons (Fsp3) is 0.900. The molecule has 1 heterocycles. The Kier molecular flexibility index (Phi) is 2.10. The van der Waals surface area contributed by atoms with E-state index >= 15 is 0 Å². The maximum Gasteiger partial charge on any atom is 0.306 e. The van der Waals surface area contributed by atoms with E-state index in [4.69, 9.17) is 5.11 Å². The maximum atomic E-state index is 10.7. The highest BCUT2D eigenvalue weighted by Crippen LogP contribution is 2.56. The van der Waals surface area contributed by atoms with Gasteiger partial charge in [-0.1, -0.05) is 13.8 Å². The Morgan fingerprint density at radius 3 is 2.62 bits per heavy atom. The van der Waals surface area contributed by atoms with Crippen molar-refractivity contribution in [2.45, 2.75) is 31.4 Å². The van der Waals surface area contributed by atoms with Crippen LogP contribution in [0.5, 0.6) is 0 Å². The third-order valence-electron chi connectivity index (χ3n) is 3.47. The Labute approximate surface area is 83.1 Å². The first-order chi connectivity index (χ1) is 6.02. The lowest BCUT2D eigenvalue weighted by molar-refractivity contribution is -0.139. The summed E-state index contributed by atoms with van der Waals surface area (Å²) in [6.07, 6.45) is 2.14. The third kappa shape index (κ3) is 1.58. The highest BCUT2D eigenvalue weighted by Gasteiger charge is 2.53. The van der Waals surface area contributed by atoms with Crippen molar-refractivity contribution in [1.82, 2.24) is 0 Å². The molecule has 1 aliphatic heterocycles. The molecule has 1 saturated heterocycles. The summed E-state index contributed by atoms with van der Waals surface area (Å²) in [5.41, 5.74) is 0. The number of carbonyl (C=O) groups is 1. The van der Waals surface area contributed by atoms with Gasteiger partial charge in [-0.05, 0) is 30.4 Å². The Bertz CT molecular complexity index is 237. The van der Waals surface area contributed by atoms with Crippen LogP contribution in [0.25, 0.3) is 0 Å². The lowest BCUT2D eigenvalue weighted by Crippen LogP contribution is -2.25. The Balaban J connectivity index is 2.00. The molecule has 13 heavy (non-hydrogen) atoms. The molecule has 1 unspecified atom stereocenters. The van der Waals surface area contributed by atoms with E-state index in [0.29, 0.717) is 16.6 Å².